The quantitative estimate of drug-likeness (QED) is 0.714. The zero-order valence-electron chi connectivity index (χ0n) is 14.6. The fourth-order valence-electron chi connectivity index (χ4n) is 3.36. The summed E-state index contributed by atoms with van der Waals surface area (Å²) in [6, 6.07) is 10.5. The molecule has 0 radical (unpaired) electrons. The van der Waals surface area contributed by atoms with E-state index in [1.54, 1.807) is 0 Å². The Morgan fingerprint density at radius 2 is 1.82 bits per heavy atom. The van der Waals surface area contributed by atoms with E-state index < -0.39 is 5.79 Å². The van der Waals surface area contributed by atoms with E-state index in [2.05, 4.69) is 51.6 Å². The summed E-state index contributed by atoms with van der Waals surface area (Å²) in [6.45, 7) is 15.0. The molecule has 3 atom stereocenters. The zero-order valence-corrected chi connectivity index (χ0v) is 14.6. The Morgan fingerprint density at radius 1 is 1.18 bits per heavy atom. The Bertz CT molecular complexity index is 490. The van der Waals surface area contributed by atoms with Gasteiger partial charge >= 0.3 is 0 Å². The van der Waals surface area contributed by atoms with E-state index in [0.717, 1.165) is 12.8 Å². The van der Waals surface area contributed by atoms with E-state index in [0.29, 0.717) is 11.8 Å². The number of benzene rings is 1. The summed E-state index contributed by atoms with van der Waals surface area (Å²) in [5, 5.41) is 0. The Hall–Kier alpha value is -1.12. The molecule has 1 aromatic carbocycles. The summed E-state index contributed by atoms with van der Waals surface area (Å²) in [5.74, 6) is 0.350. The molecule has 0 aromatic heterocycles. The molecule has 0 unspecified atom stereocenters. The fraction of sp³-hybridized carbons (Fsp3) is 0.600. The molecule has 22 heavy (non-hydrogen) atoms. The molecule has 0 amide bonds. The van der Waals surface area contributed by atoms with Crippen LogP contribution in [0.25, 0.3) is 0 Å². The van der Waals surface area contributed by atoms with E-state index in [9.17, 15) is 0 Å². The summed E-state index contributed by atoms with van der Waals surface area (Å²) >= 11 is 0. The highest BCUT2D eigenvalue weighted by Crippen LogP contribution is 2.36. The smallest absolute Gasteiger partial charge is 0.163 e. The molecule has 1 aliphatic heterocycles. The third kappa shape index (κ3) is 4.44. The highest BCUT2D eigenvalue weighted by Gasteiger charge is 2.41. The Kier molecular flexibility index (Phi) is 5.46. The second kappa shape index (κ2) is 6.97. The lowest BCUT2D eigenvalue weighted by Crippen LogP contribution is -2.51. The van der Waals surface area contributed by atoms with Crippen LogP contribution in [0.3, 0.4) is 0 Å². The lowest BCUT2D eigenvalue weighted by Gasteiger charge is -2.46. The maximum Gasteiger partial charge on any atom is 0.163 e. The van der Waals surface area contributed by atoms with Gasteiger partial charge in [0, 0.05) is 5.92 Å². The molecule has 2 nitrogen and oxygen atoms in total. The van der Waals surface area contributed by atoms with Crippen molar-refractivity contribution in [2.45, 2.75) is 65.5 Å². The second-order valence-corrected chi connectivity index (χ2v) is 7.36. The number of rotatable bonds is 5. The Labute approximate surface area is 135 Å². The Morgan fingerprint density at radius 3 is 2.41 bits per heavy atom. The molecule has 2 heteroatoms. The molecule has 0 spiro atoms. The van der Waals surface area contributed by atoms with Gasteiger partial charge in [-0.05, 0) is 38.2 Å². The van der Waals surface area contributed by atoms with Gasteiger partial charge in [-0.15, -0.1) is 0 Å². The first-order valence-corrected chi connectivity index (χ1v) is 8.34. The van der Waals surface area contributed by atoms with Crippen molar-refractivity contribution in [3.8, 4) is 0 Å². The first kappa shape index (κ1) is 17.2. The van der Waals surface area contributed by atoms with Crippen LogP contribution < -0.4 is 0 Å². The molecular weight excluding hydrogens is 272 g/mol. The number of hydrogen-bond donors (Lipinski definition) is 0. The number of ether oxygens (including phenoxy) is 2. The molecule has 0 saturated carbocycles. The molecule has 0 N–H and O–H groups in total. The third-order valence-electron chi connectivity index (χ3n) is 4.40. The molecule has 1 aliphatic rings. The van der Waals surface area contributed by atoms with E-state index in [1.165, 1.54) is 11.1 Å². The van der Waals surface area contributed by atoms with Gasteiger partial charge in [-0.25, -0.2) is 0 Å². The summed E-state index contributed by atoms with van der Waals surface area (Å²) in [5.41, 5.74) is 2.54. The van der Waals surface area contributed by atoms with Gasteiger partial charge in [-0.3, -0.25) is 0 Å². The van der Waals surface area contributed by atoms with Crippen molar-refractivity contribution in [3.63, 3.8) is 0 Å². The van der Waals surface area contributed by atoms with Crippen molar-refractivity contribution in [2.75, 3.05) is 0 Å². The van der Waals surface area contributed by atoms with Gasteiger partial charge in [0.1, 0.15) is 0 Å². The van der Waals surface area contributed by atoms with E-state index >= 15 is 0 Å². The minimum atomic E-state index is -0.515. The molecule has 1 fully saturated rings. The summed E-state index contributed by atoms with van der Waals surface area (Å²) < 4.78 is 12.3. The van der Waals surface area contributed by atoms with E-state index in [-0.39, 0.29) is 12.2 Å². The summed E-state index contributed by atoms with van der Waals surface area (Å²) in [7, 11) is 0. The first-order chi connectivity index (χ1) is 10.3. The largest absolute Gasteiger partial charge is 0.347 e. The van der Waals surface area contributed by atoms with Crippen molar-refractivity contribution in [1.82, 2.24) is 0 Å². The van der Waals surface area contributed by atoms with Gasteiger partial charge in [-0.1, -0.05) is 63.3 Å². The SMILES string of the molecule is C=C(Cc1ccccc1)C[C@@H]1OC(C)(C)O[C@@H](C(C)C)[C@@H]1C. The van der Waals surface area contributed by atoms with Crippen LogP contribution in [0.2, 0.25) is 0 Å². The van der Waals surface area contributed by atoms with Crippen LogP contribution in [0.15, 0.2) is 42.5 Å². The molecule has 0 bridgehead atoms. The molecule has 1 heterocycles. The normalized spacial score (nSPS) is 27.8. The topological polar surface area (TPSA) is 18.5 Å². The molecule has 122 valence electrons. The van der Waals surface area contributed by atoms with Gasteiger partial charge in [0.05, 0.1) is 12.2 Å². The maximum absolute atomic E-state index is 6.19. The summed E-state index contributed by atoms with van der Waals surface area (Å²) in [4.78, 5) is 0. The van der Waals surface area contributed by atoms with Crippen LogP contribution in [-0.2, 0) is 15.9 Å². The Balaban J connectivity index is 2.02. The zero-order chi connectivity index (χ0) is 16.3. The molecule has 2 rings (SSSR count). The van der Waals surface area contributed by atoms with Gasteiger partial charge in [0.25, 0.3) is 0 Å². The number of hydrogen-bond acceptors (Lipinski definition) is 2. The summed E-state index contributed by atoms with van der Waals surface area (Å²) in [6.07, 6.45) is 2.22. The van der Waals surface area contributed by atoms with Crippen molar-refractivity contribution < 1.29 is 9.47 Å². The minimum absolute atomic E-state index is 0.173. The monoisotopic (exact) mass is 302 g/mol. The van der Waals surface area contributed by atoms with Crippen molar-refractivity contribution in [2.24, 2.45) is 11.8 Å². The van der Waals surface area contributed by atoms with Crippen LogP contribution in [0.5, 0.6) is 0 Å². The van der Waals surface area contributed by atoms with Gasteiger partial charge in [-0.2, -0.15) is 0 Å². The maximum atomic E-state index is 6.19. The van der Waals surface area contributed by atoms with Crippen LogP contribution in [0.1, 0.15) is 46.6 Å². The van der Waals surface area contributed by atoms with Crippen molar-refractivity contribution in [1.29, 1.82) is 0 Å². The van der Waals surface area contributed by atoms with Crippen LogP contribution in [0.4, 0.5) is 0 Å². The van der Waals surface area contributed by atoms with E-state index in [1.807, 2.05) is 19.9 Å². The van der Waals surface area contributed by atoms with Gasteiger partial charge < -0.3 is 9.47 Å². The standard InChI is InChI=1S/C20H30O2/c1-14(2)19-16(4)18(21-20(5,6)22-19)13-15(3)12-17-10-8-7-9-11-17/h7-11,14,16,18-19H,3,12-13H2,1-2,4-6H3/t16-,18+,19+/m1/s1. The lowest BCUT2D eigenvalue weighted by molar-refractivity contribution is -0.325. The van der Waals surface area contributed by atoms with Crippen molar-refractivity contribution >= 4 is 0 Å². The van der Waals surface area contributed by atoms with Gasteiger partial charge in [0.15, 0.2) is 5.79 Å². The predicted molar refractivity (Wildman–Crippen MR) is 91.7 cm³/mol. The van der Waals surface area contributed by atoms with Crippen molar-refractivity contribution in [3.05, 3.63) is 48.0 Å². The second-order valence-electron chi connectivity index (χ2n) is 7.36. The van der Waals surface area contributed by atoms with Crippen LogP contribution in [-0.4, -0.2) is 18.0 Å². The molecule has 1 aromatic rings. The predicted octanol–water partition coefficient (Wildman–Crippen LogP) is 4.99. The van der Waals surface area contributed by atoms with Crippen LogP contribution >= 0.6 is 0 Å². The lowest BCUT2D eigenvalue weighted by atomic mass is 9.85. The molecular formula is C20H30O2. The molecule has 0 aliphatic carbocycles. The fourth-order valence-corrected chi connectivity index (χ4v) is 3.36. The van der Waals surface area contributed by atoms with Crippen LogP contribution in [0, 0.1) is 11.8 Å². The average molecular weight is 302 g/mol. The highest BCUT2D eigenvalue weighted by atomic mass is 16.7. The first-order valence-electron chi connectivity index (χ1n) is 8.34. The minimum Gasteiger partial charge on any atom is -0.347 e. The average Bonchev–Trinajstić information content (AvgIpc) is 2.43. The molecule has 1 saturated heterocycles. The van der Waals surface area contributed by atoms with E-state index in [4.69, 9.17) is 9.47 Å². The highest BCUT2D eigenvalue weighted by molar-refractivity contribution is 5.21. The van der Waals surface area contributed by atoms with Gasteiger partial charge in [0.2, 0.25) is 0 Å². The third-order valence-corrected chi connectivity index (χ3v) is 4.40.